The molecular formula is C24H16Cl2F2N2O2. The van der Waals surface area contributed by atoms with Gasteiger partial charge in [0.25, 0.3) is 6.47 Å². The highest BCUT2D eigenvalue weighted by Gasteiger charge is 2.34. The lowest BCUT2D eigenvalue weighted by Crippen LogP contribution is -2.18. The van der Waals surface area contributed by atoms with Crippen LogP contribution in [0.4, 0.5) is 8.78 Å². The first-order chi connectivity index (χ1) is 15.5. The zero-order chi connectivity index (χ0) is 22.7. The zero-order valence-electron chi connectivity index (χ0n) is 16.4. The number of aromatic amines is 1. The second kappa shape index (κ2) is 9.51. The Morgan fingerprint density at radius 2 is 1.75 bits per heavy atom. The normalized spacial score (nSPS) is 12.9. The van der Waals surface area contributed by atoms with Crippen molar-refractivity contribution in [3.63, 3.8) is 0 Å². The molecule has 0 aliphatic heterocycles. The summed E-state index contributed by atoms with van der Waals surface area (Å²) in [6.07, 6.45) is 0.396. The van der Waals surface area contributed by atoms with Crippen molar-refractivity contribution in [1.29, 1.82) is 0 Å². The summed E-state index contributed by atoms with van der Waals surface area (Å²) in [6.45, 7) is 0.270. The highest BCUT2D eigenvalue weighted by Crippen LogP contribution is 2.43. The number of carbonyl (C=O) groups excluding carboxylic acids is 1. The smallest absolute Gasteiger partial charge is 0.293 e. The van der Waals surface area contributed by atoms with Gasteiger partial charge in [0.1, 0.15) is 17.7 Å². The van der Waals surface area contributed by atoms with Gasteiger partial charge in [-0.1, -0.05) is 65.7 Å². The lowest BCUT2D eigenvalue weighted by Gasteiger charge is -2.27. The van der Waals surface area contributed by atoms with Crippen molar-refractivity contribution in [3.8, 4) is 11.3 Å². The van der Waals surface area contributed by atoms with E-state index in [4.69, 9.17) is 27.9 Å². The van der Waals surface area contributed by atoms with Gasteiger partial charge in [-0.15, -0.1) is 0 Å². The van der Waals surface area contributed by atoms with Gasteiger partial charge in [0.2, 0.25) is 0 Å². The van der Waals surface area contributed by atoms with Crippen molar-refractivity contribution in [2.75, 3.05) is 0 Å². The number of hydrogen-bond acceptors (Lipinski definition) is 3. The molecular weight excluding hydrogens is 457 g/mol. The molecule has 2 unspecified atom stereocenters. The molecule has 8 heteroatoms. The number of nitrogens with zero attached hydrogens (tertiary/aromatic N) is 1. The van der Waals surface area contributed by atoms with Crippen molar-refractivity contribution in [2.24, 2.45) is 0 Å². The van der Waals surface area contributed by atoms with E-state index in [1.165, 1.54) is 30.6 Å². The number of rotatable bonds is 7. The van der Waals surface area contributed by atoms with Gasteiger partial charge in [0.15, 0.2) is 0 Å². The molecule has 1 N–H and O–H groups in total. The van der Waals surface area contributed by atoms with E-state index >= 15 is 4.39 Å². The predicted molar refractivity (Wildman–Crippen MR) is 119 cm³/mol. The Balaban J connectivity index is 1.93. The third-order valence-corrected chi connectivity index (χ3v) is 5.71. The summed E-state index contributed by atoms with van der Waals surface area (Å²) in [6, 6.07) is 17.9. The van der Waals surface area contributed by atoms with Crippen LogP contribution < -0.4 is 0 Å². The molecule has 4 aromatic rings. The van der Waals surface area contributed by atoms with Gasteiger partial charge in [0, 0.05) is 11.1 Å². The molecule has 162 valence electrons. The van der Waals surface area contributed by atoms with Crippen LogP contribution >= 0.6 is 23.2 Å². The van der Waals surface area contributed by atoms with Crippen molar-refractivity contribution in [2.45, 2.75) is 12.0 Å². The van der Waals surface area contributed by atoms with Crippen LogP contribution in [-0.4, -0.2) is 16.4 Å². The van der Waals surface area contributed by atoms with E-state index in [2.05, 4.69) is 9.97 Å². The number of ether oxygens (including phenoxy) is 1. The molecule has 0 saturated heterocycles. The van der Waals surface area contributed by atoms with Gasteiger partial charge >= 0.3 is 0 Å². The molecule has 0 bridgehead atoms. The number of benzene rings is 3. The van der Waals surface area contributed by atoms with Crippen LogP contribution in [0.5, 0.6) is 0 Å². The minimum atomic E-state index is -1.07. The Hall–Kier alpha value is -3.22. The maximum Gasteiger partial charge on any atom is 0.293 e. The lowest BCUT2D eigenvalue weighted by atomic mass is 9.84. The zero-order valence-corrected chi connectivity index (χ0v) is 17.9. The molecule has 0 saturated carbocycles. The fourth-order valence-corrected chi connectivity index (χ4v) is 4.06. The second-order valence-electron chi connectivity index (χ2n) is 6.98. The van der Waals surface area contributed by atoms with E-state index in [9.17, 15) is 9.18 Å². The third-order valence-electron chi connectivity index (χ3n) is 5.12. The molecule has 1 heterocycles. The monoisotopic (exact) mass is 472 g/mol. The second-order valence-corrected chi connectivity index (χ2v) is 7.79. The quantitative estimate of drug-likeness (QED) is 0.304. The molecule has 0 fully saturated rings. The number of nitrogens with one attached hydrogen (secondary N) is 1. The van der Waals surface area contributed by atoms with Gasteiger partial charge in [0.05, 0.1) is 33.7 Å². The maximum absolute atomic E-state index is 15.0. The summed E-state index contributed by atoms with van der Waals surface area (Å²) >= 11 is 12.0. The molecule has 2 atom stereocenters. The van der Waals surface area contributed by atoms with Crippen LogP contribution in [0.15, 0.2) is 73.1 Å². The molecule has 3 aromatic carbocycles. The average molecular weight is 473 g/mol. The molecule has 0 radical (unpaired) electrons. The molecule has 4 rings (SSSR count). The first-order valence-electron chi connectivity index (χ1n) is 9.58. The number of H-pyrrole nitrogens is 1. The van der Waals surface area contributed by atoms with E-state index in [0.717, 1.165) is 5.56 Å². The lowest BCUT2D eigenvalue weighted by molar-refractivity contribution is -0.134. The summed E-state index contributed by atoms with van der Waals surface area (Å²) in [5, 5.41) is -0.154. The van der Waals surface area contributed by atoms with E-state index in [1.54, 1.807) is 12.1 Å². The fourth-order valence-electron chi connectivity index (χ4n) is 3.70. The summed E-state index contributed by atoms with van der Waals surface area (Å²) in [4.78, 5) is 18.9. The van der Waals surface area contributed by atoms with Gasteiger partial charge < -0.3 is 9.72 Å². The topological polar surface area (TPSA) is 55.0 Å². The minimum Gasteiger partial charge on any atom is -0.459 e. The standard InChI is InChI=1S/C24H16Cl2F2N2O2/c25-17-8-4-7-16(21(17)28)24(32-13-31)20(14-5-2-1-3-6-14)23-22(29-12-30-23)15-9-10-19(27)18(26)11-15/h1-13,20,24H,(H,29,30). The van der Waals surface area contributed by atoms with Crippen molar-refractivity contribution >= 4 is 29.7 Å². The van der Waals surface area contributed by atoms with E-state index in [-0.39, 0.29) is 22.1 Å². The van der Waals surface area contributed by atoms with Gasteiger partial charge in [-0.3, -0.25) is 4.79 Å². The maximum atomic E-state index is 15.0. The van der Waals surface area contributed by atoms with E-state index in [1.807, 2.05) is 30.3 Å². The van der Waals surface area contributed by atoms with Crippen LogP contribution in [0, 0.1) is 11.6 Å². The molecule has 0 amide bonds. The first kappa shape index (κ1) is 22.0. The predicted octanol–water partition coefficient (Wildman–Crippen LogP) is 6.71. The Bertz CT molecular complexity index is 1250. The summed E-state index contributed by atoms with van der Waals surface area (Å²) in [5.41, 5.74) is 2.38. The SMILES string of the molecule is O=COC(c1cccc(Cl)c1F)C(c1ccccc1)c1[nH]cnc1-c1ccc(F)c(Cl)c1. The fraction of sp³-hybridized carbons (Fsp3) is 0.0833. The molecule has 1 aromatic heterocycles. The highest BCUT2D eigenvalue weighted by atomic mass is 35.5. The Morgan fingerprint density at radius 1 is 0.969 bits per heavy atom. The Kier molecular flexibility index (Phi) is 6.53. The third kappa shape index (κ3) is 4.24. The molecule has 0 aliphatic carbocycles. The molecule has 0 aliphatic rings. The molecule has 32 heavy (non-hydrogen) atoms. The molecule has 0 spiro atoms. The van der Waals surface area contributed by atoms with Crippen LogP contribution in [0.1, 0.15) is 28.8 Å². The van der Waals surface area contributed by atoms with E-state index < -0.39 is 23.7 Å². The van der Waals surface area contributed by atoms with E-state index in [0.29, 0.717) is 17.0 Å². The number of imidazole rings is 1. The van der Waals surface area contributed by atoms with Crippen molar-refractivity contribution in [3.05, 3.63) is 112 Å². The number of hydrogen-bond donors (Lipinski definition) is 1. The largest absolute Gasteiger partial charge is 0.459 e. The molecule has 4 nitrogen and oxygen atoms in total. The Morgan fingerprint density at radius 3 is 2.47 bits per heavy atom. The number of aromatic nitrogens is 2. The van der Waals surface area contributed by atoms with Crippen molar-refractivity contribution in [1.82, 2.24) is 9.97 Å². The first-order valence-corrected chi connectivity index (χ1v) is 10.3. The van der Waals surface area contributed by atoms with Crippen molar-refractivity contribution < 1.29 is 18.3 Å². The summed E-state index contributed by atoms with van der Waals surface area (Å²) in [7, 11) is 0. The average Bonchev–Trinajstić information content (AvgIpc) is 3.27. The van der Waals surface area contributed by atoms with Gasteiger partial charge in [-0.25, -0.2) is 13.8 Å². The summed E-state index contributed by atoms with van der Waals surface area (Å²) < 4.78 is 34.1. The number of carbonyl (C=O) groups is 1. The van der Waals surface area contributed by atoms with Crippen LogP contribution in [0.2, 0.25) is 10.0 Å². The van der Waals surface area contributed by atoms with Gasteiger partial charge in [-0.2, -0.15) is 0 Å². The van der Waals surface area contributed by atoms with Crippen LogP contribution in [-0.2, 0) is 9.53 Å². The van der Waals surface area contributed by atoms with Gasteiger partial charge in [-0.05, 0) is 29.8 Å². The summed E-state index contributed by atoms with van der Waals surface area (Å²) in [5.74, 6) is -1.93. The van der Waals surface area contributed by atoms with Crippen LogP contribution in [0.25, 0.3) is 11.3 Å². The minimum absolute atomic E-state index is 0.0608. The Labute approximate surface area is 192 Å². The van der Waals surface area contributed by atoms with Crippen LogP contribution in [0.3, 0.4) is 0 Å². The number of halogens is 4. The highest BCUT2D eigenvalue weighted by molar-refractivity contribution is 6.31.